The van der Waals surface area contributed by atoms with E-state index in [9.17, 15) is 26.3 Å². The SMILES string of the molecule is CC(C)C1(F)C(F)=C(F)C(F)=C(F)C1F. The standard InChI is InChI=1S/C9H8F6/c1-3(2)9(15)7(13)5(11)4(10)6(12)8(9)14/h3,7H,1-2H3. The zero-order chi connectivity index (χ0) is 12.0. The maximum Gasteiger partial charge on any atom is 0.204 e. The second-order valence-electron chi connectivity index (χ2n) is 3.58. The maximum atomic E-state index is 13.7. The van der Waals surface area contributed by atoms with Gasteiger partial charge in [-0.15, -0.1) is 0 Å². The fourth-order valence-corrected chi connectivity index (χ4v) is 1.32. The van der Waals surface area contributed by atoms with Crippen molar-refractivity contribution in [2.24, 2.45) is 5.92 Å². The number of rotatable bonds is 1. The summed E-state index contributed by atoms with van der Waals surface area (Å²) in [5.74, 6) is -10.5. The minimum atomic E-state index is -3.48. The van der Waals surface area contributed by atoms with E-state index in [0.29, 0.717) is 0 Å². The summed E-state index contributed by atoms with van der Waals surface area (Å²) in [7, 11) is 0. The van der Waals surface area contributed by atoms with Gasteiger partial charge in [-0.2, -0.15) is 0 Å². The van der Waals surface area contributed by atoms with Crippen molar-refractivity contribution in [1.82, 2.24) is 0 Å². The van der Waals surface area contributed by atoms with Gasteiger partial charge in [0.2, 0.25) is 5.67 Å². The third-order valence-electron chi connectivity index (χ3n) is 2.36. The molecule has 0 radical (unpaired) electrons. The third kappa shape index (κ3) is 1.46. The first kappa shape index (κ1) is 12.1. The van der Waals surface area contributed by atoms with E-state index in [1.165, 1.54) is 0 Å². The summed E-state index contributed by atoms with van der Waals surface area (Å²) in [4.78, 5) is 0. The smallest absolute Gasteiger partial charge is 0.204 e. The van der Waals surface area contributed by atoms with Crippen LogP contribution in [0, 0.1) is 5.92 Å². The van der Waals surface area contributed by atoms with Crippen LogP contribution in [-0.4, -0.2) is 11.8 Å². The summed E-state index contributed by atoms with van der Waals surface area (Å²) >= 11 is 0. The van der Waals surface area contributed by atoms with Gasteiger partial charge >= 0.3 is 0 Å². The zero-order valence-electron chi connectivity index (χ0n) is 7.92. The molecule has 2 atom stereocenters. The third-order valence-corrected chi connectivity index (χ3v) is 2.36. The van der Waals surface area contributed by atoms with Crippen LogP contribution < -0.4 is 0 Å². The highest BCUT2D eigenvalue weighted by atomic mass is 19.2. The summed E-state index contributed by atoms with van der Waals surface area (Å²) in [6, 6.07) is 0. The summed E-state index contributed by atoms with van der Waals surface area (Å²) in [5, 5.41) is 0. The fourth-order valence-electron chi connectivity index (χ4n) is 1.32. The summed E-state index contributed by atoms with van der Waals surface area (Å²) in [6.07, 6.45) is -3.16. The molecule has 0 fully saturated rings. The van der Waals surface area contributed by atoms with Gasteiger partial charge in [0.15, 0.2) is 29.5 Å². The van der Waals surface area contributed by atoms with E-state index in [0.717, 1.165) is 13.8 Å². The molecule has 0 aromatic rings. The summed E-state index contributed by atoms with van der Waals surface area (Å²) < 4.78 is 77.6. The first-order chi connectivity index (χ1) is 6.74. The van der Waals surface area contributed by atoms with E-state index in [2.05, 4.69) is 0 Å². The van der Waals surface area contributed by atoms with Crippen molar-refractivity contribution in [3.63, 3.8) is 0 Å². The molecule has 6 heteroatoms. The van der Waals surface area contributed by atoms with Crippen molar-refractivity contribution in [2.75, 3.05) is 0 Å². The van der Waals surface area contributed by atoms with Crippen molar-refractivity contribution >= 4 is 0 Å². The van der Waals surface area contributed by atoms with E-state index in [-0.39, 0.29) is 0 Å². The van der Waals surface area contributed by atoms with E-state index >= 15 is 0 Å². The van der Waals surface area contributed by atoms with Crippen molar-refractivity contribution in [2.45, 2.75) is 25.7 Å². The van der Waals surface area contributed by atoms with Crippen molar-refractivity contribution in [3.05, 3.63) is 23.3 Å². The average Bonchev–Trinajstić information content (AvgIpc) is 2.20. The zero-order valence-corrected chi connectivity index (χ0v) is 7.92. The van der Waals surface area contributed by atoms with E-state index in [4.69, 9.17) is 0 Å². The molecule has 0 saturated heterocycles. The average molecular weight is 230 g/mol. The normalized spacial score (nSPS) is 33.0. The molecule has 15 heavy (non-hydrogen) atoms. The summed E-state index contributed by atoms with van der Waals surface area (Å²) in [5.41, 5.74) is -3.48. The molecule has 0 aliphatic heterocycles. The molecular formula is C9H8F6. The Morgan fingerprint density at radius 1 is 1.07 bits per heavy atom. The molecule has 0 aromatic heterocycles. The highest BCUT2D eigenvalue weighted by molar-refractivity contribution is 5.39. The number of hydrogen-bond donors (Lipinski definition) is 0. The van der Waals surface area contributed by atoms with Gasteiger partial charge in [-0.3, -0.25) is 0 Å². The predicted molar refractivity (Wildman–Crippen MR) is 42.1 cm³/mol. The number of halogens is 6. The van der Waals surface area contributed by atoms with Gasteiger partial charge in [0.05, 0.1) is 0 Å². The molecule has 1 rings (SSSR count). The molecule has 0 bridgehead atoms. The minimum absolute atomic E-state index is 1.04. The Morgan fingerprint density at radius 3 is 1.93 bits per heavy atom. The van der Waals surface area contributed by atoms with Crippen molar-refractivity contribution in [1.29, 1.82) is 0 Å². The molecule has 0 nitrogen and oxygen atoms in total. The summed E-state index contributed by atoms with van der Waals surface area (Å²) in [6.45, 7) is 2.08. The van der Waals surface area contributed by atoms with Crippen LogP contribution >= 0.6 is 0 Å². The van der Waals surface area contributed by atoms with Gasteiger partial charge in [-0.1, -0.05) is 13.8 Å². The topological polar surface area (TPSA) is 0 Å². The molecule has 1 aliphatic carbocycles. The quantitative estimate of drug-likeness (QED) is 0.597. The first-order valence-electron chi connectivity index (χ1n) is 4.18. The lowest BCUT2D eigenvalue weighted by Gasteiger charge is -2.32. The Hall–Kier alpha value is -0.940. The Balaban J connectivity index is 3.39. The molecule has 0 amide bonds. The second-order valence-corrected chi connectivity index (χ2v) is 3.58. The molecule has 0 aromatic carbocycles. The lowest BCUT2D eigenvalue weighted by atomic mass is 9.82. The van der Waals surface area contributed by atoms with Crippen LogP contribution in [0.4, 0.5) is 26.3 Å². The second kappa shape index (κ2) is 3.57. The van der Waals surface area contributed by atoms with Gasteiger partial charge in [0.1, 0.15) is 0 Å². The number of hydrogen-bond acceptors (Lipinski definition) is 0. The van der Waals surface area contributed by atoms with Crippen molar-refractivity contribution in [3.8, 4) is 0 Å². The lowest BCUT2D eigenvalue weighted by Crippen LogP contribution is -2.44. The van der Waals surface area contributed by atoms with Gasteiger partial charge < -0.3 is 0 Å². The molecule has 0 N–H and O–H groups in total. The molecular weight excluding hydrogens is 222 g/mol. The highest BCUT2D eigenvalue weighted by Gasteiger charge is 2.55. The van der Waals surface area contributed by atoms with E-state index in [1.807, 2.05) is 0 Å². The molecule has 0 heterocycles. The molecule has 1 aliphatic rings. The van der Waals surface area contributed by atoms with E-state index in [1.54, 1.807) is 0 Å². The molecule has 0 saturated carbocycles. The van der Waals surface area contributed by atoms with Crippen LogP contribution in [0.2, 0.25) is 0 Å². The first-order valence-corrected chi connectivity index (χ1v) is 4.18. The van der Waals surface area contributed by atoms with Crippen molar-refractivity contribution < 1.29 is 26.3 Å². The lowest BCUT2D eigenvalue weighted by molar-refractivity contribution is 0.0177. The van der Waals surface area contributed by atoms with Gasteiger partial charge in [0.25, 0.3) is 0 Å². The van der Waals surface area contributed by atoms with Crippen LogP contribution in [0.15, 0.2) is 23.3 Å². The predicted octanol–water partition coefficient (Wildman–Crippen LogP) is 4.00. The number of allylic oxidation sites excluding steroid dienone is 4. The Kier molecular flexibility index (Phi) is 2.89. The Bertz CT molecular complexity index is 343. The molecule has 2 unspecified atom stereocenters. The Morgan fingerprint density at radius 2 is 1.53 bits per heavy atom. The van der Waals surface area contributed by atoms with Crippen LogP contribution in [0.5, 0.6) is 0 Å². The van der Waals surface area contributed by atoms with E-state index < -0.39 is 41.1 Å². The Labute approximate surface area is 82.3 Å². The molecule has 86 valence electrons. The fraction of sp³-hybridized carbons (Fsp3) is 0.556. The van der Waals surface area contributed by atoms with Gasteiger partial charge in [0, 0.05) is 0 Å². The minimum Gasteiger partial charge on any atom is -0.236 e. The maximum absolute atomic E-state index is 13.7. The van der Waals surface area contributed by atoms with Crippen LogP contribution in [-0.2, 0) is 0 Å². The van der Waals surface area contributed by atoms with Gasteiger partial charge in [-0.05, 0) is 5.92 Å². The monoisotopic (exact) mass is 230 g/mol. The molecule has 0 spiro atoms. The van der Waals surface area contributed by atoms with Crippen LogP contribution in [0.3, 0.4) is 0 Å². The van der Waals surface area contributed by atoms with Gasteiger partial charge in [-0.25, -0.2) is 26.3 Å². The van der Waals surface area contributed by atoms with Crippen LogP contribution in [0.1, 0.15) is 13.8 Å². The number of alkyl halides is 2. The largest absolute Gasteiger partial charge is 0.236 e. The van der Waals surface area contributed by atoms with Crippen LogP contribution in [0.25, 0.3) is 0 Å². The highest BCUT2D eigenvalue weighted by Crippen LogP contribution is 2.47.